The number of allylic oxidation sites excluding steroid dienone is 6. The molecule has 19 atom stereocenters. The number of nitrogen functional groups attached to an aromatic ring is 1. The first-order valence-electron chi connectivity index (χ1n) is 35.9. The van der Waals surface area contributed by atoms with E-state index >= 15 is 0 Å². The zero-order chi connectivity index (χ0) is 79.6. The Morgan fingerprint density at radius 2 is 1.33 bits per heavy atom. The van der Waals surface area contributed by atoms with Crippen molar-refractivity contribution in [2.75, 3.05) is 18.9 Å². The number of rotatable bonds is 27. The fourth-order valence-corrected chi connectivity index (χ4v) is 18.5. The smallest absolute Gasteiger partial charge is 0.682 e. The number of anilines is 1. The minimum absolute atomic E-state index is 0. The normalized spacial score (nSPS) is 33.6. The Labute approximate surface area is 640 Å². The molecular formula is C72H101CoN18O17P. The second kappa shape index (κ2) is 32.2. The summed E-state index contributed by atoms with van der Waals surface area (Å²) in [4.78, 5) is 137. The van der Waals surface area contributed by atoms with E-state index in [0.717, 1.165) is 11.1 Å². The van der Waals surface area contributed by atoms with Crippen LogP contribution in [0.4, 0.5) is 5.82 Å². The van der Waals surface area contributed by atoms with Gasteiger partial charge in [0, 0.05) is 108 Å². The topological polar surface area (TPSA) is 581 Å². The van der Waals surface area contributed by atoms with Crippen molar-refractivity contribution < 1.29 is 98.7 Å². The molecule has 35 nitrogen and oxygen atoms in total. The third-order valence-corrected chi connectivity index (χ3v) is 24.6. The molecule has 3 aromatic heterocycles. The Morgan fingerprint density at radius 3 is 1.93 bits per heavy atom. The van der Waals surface area contributed by atoms with Crippen molar-refractivity contribution in [1.29, 1.82) is 0 Å². The quantitative estimate of drug-likeness (QED) is 0.0232. The maximum absolute atomic E-state index is 14.4. The van der Waals surface area contributed by atoms with Gasteiger partial charge < -0.3 is 97.1 Å². The number of nitrogens with two attached hydrogens (primary N) is 7. The van der Waals surface area contributed by atoms with Gasteiger partial charge in [0.2, 0.25) is 41.4 Å². The molecule has 0 saturated carbocycles. The molecule has 1 unspecified atom stereocenters. The molecule has 7 amide bonds. The van der Waals surface area contributed by atoms with Gasteiger partial charge in [0.1, 0.15) is 36.3 Å². The Balaban J connectivity index is 0.000000623. The number of nitrogens with zero attached hydrogens (tertiary/aromatic N) is 10. The summed E-state index contributed by atoms with van der Waals surface area (Å²) in [5.41, 5.74) is 43.3. The van der Waals surface area contributed by atoms with Crippen LogP contribution in [0.5, 0.6) is 0 Å². The van der Waals surface area contributed by atoms with Gasteiger partial charge in [0.15, 0.2) is 23.9 Å². The number of aromatic nitrogens is 6. The molecule has 37 heteroatoms. The van der Waals surface area contributed by atoms with Gasteiger partial charge in [-0.3, -0.25) is 62.2 Å². The van der Waals surface area contributed by atoms with Gasteiger partial charge in [-0.1, -0.05) is 40.7 Å². The Morgan fingerprint density at radius 1 is 0.725 bits per heavy atom. The van der Waals surface area contributed by atoms with Crippen LogP contribution >= 0.6 is 7.82 Å². The largest absolute Gasteiger partial charge is 2.00 e. The van der Waals surface area contributed by atoms with Crippen molar-refractivity contribution >= 4 is 94.3 Å². The van der Waals surface area contributed by atoms with Crippen LogP contribution in [0.3, 0.4) is 0 Å². The van der Waals surface area contributed by atoms with Gasteiger partial charge in [-0.15, -0.1) is 0 Å². The summed E-state index contributed by atoms with van der Waals surface area (Å²) in [5.74, 6) is -7.09. The number of nitrogens with one attached hydrogen (secondary N) is 1. The van der Waals surface area contributed by atoms with E-state index in [1.807, 2.05) is 80.5 Å². The zero-order valence-electron chi connectivity index (χ0n) is 62.9. The fraction of sp³-hybridized carbons (Fsp3) is 0.597. The van der Waals surface area contributed by atoms with Crippen LogP contribution in [0, 0.1) is 66.1 Å². The molecule has 3 saturated heterocycles. The average molecular weight is 1580 g/mol. The summed E-state index contributed by atoms with van der Waals surface area (Å²) in [7, 11) is -5.07. The van der Waals surface area contributed by atoms with E-state index in [-0.39, 0.29) is 99.8 Å². The number of hydrogen-bond acceptors (Lipinski definition) is 24. The Bertz CT molecular complexity index is 4520. The molecule has 11 rings (SSSR count). The predicted octanol–water partition coefficient (Wildman–Crippen LogP) is 2.81. The molecule has 109 heavy (non-hydrogen) atoms. The number of primary amides is 6. The zero-order valence-corrected chi connectivity index (χ0v) is 64.8. The summed E-state index contributed by atoms with van der Waals surface area (Å²) in [6.07, 6.45) is -5.38. The van der Waals surface area contributed by atoms with Crippen molar-refractivity contribution in [2.45, 2.75) is 214 Å². The Kier molecular flexibility index (Phi) is 25.0. The number of benzene rings is 1. The summed E-state index contributed by atoms with van der Waals surface area (Å²) < 4.78 is 39.2. The van der Waals surface area contributed by atoms with E-state index in [2.05, 4.69) is 32.2 Å². The number of imidazole rings is 2. The second-order valence-electron chi connectivity index (χ2n) is 31.1. The van der Waals surface area contributed by atoms with Crippen LogP contribution in [0.2, 0.25) is 0 Å². The van der Waals surface area contributed by atoms with E-state index in [4.69, 9.17) is 79.0 Å². The standard InChI is InChI=1S/C62H90N13O14P.C10H12N5O3.Co/c1-29-20-39-40(21-30(29)2)75(28-70-39)57-52(84)53(41(27-76)87-57)89-90(85,86)88-31(3)26-69-49(83)18-19-59(8)37(22-46(66)80)56-62(11)61(10,25-48(68)82)36(14-17-45(65)79)51(74-62)33(5)55-60(9,24-47(67)81)34(12-15-43(63)77)38(71-55)23-42-58(6,7)35(13-16-44(64)78)50(72-42)32(4)54(59)73-56;1-4-6(16)7(17)10(18-4)15-3-14-5-8(11)12-2-13-9(5)15;/h20-21,23,28,31,34-37,41,52-53,56-57,76,84H,12-19,22,24-27H2,1-11H3,(H15,63,64,65,66,67,68,69,71,72,73,74,77,78,79,80,81,82,83,85,86);2-4,6-7,10,16-17H,1H2,(H2,11,12,13);/q;-1;+2/p-1/t31-,34-,35-,36-,37+,41-,52-,53-,56-,57+,59-,60+,61+,62+;4-,6-,7-,10-;/m11./s1/i;1+1;. The monoisotopic (exact) mass is 1580 g/mol. The molecule has 0 spiro atoms. The van der Waals surface area contributed by atoms with Gasteiger partial charge in [0.05, 0.1) is 53.7 Å². The molecule has 7 aliphatic heterocycles. The number of phosphoric ester groups is 1. The van der Waals surface area contributed by atoms with Crippen LogP contribution < -0.4 is 45.5 Å². The number of amides is 7. The van der Waals surface area contributed by atoms with E-state index in [1.165, 1.54) is 30.5 Å². The van der Waals surface area contributed by atoms with Crippen LogP contribution in [-0.4, -0.2) is 180 Å². The van der Waals surface area contributed by atoms with Crippen molar-refractivity contribution in [2.24, 2.45) is 94.7 Å². The first-order chi connectivity index (χ1) is 50.4. The molecule has 595 valence electrons. The number of phosphoric acid groups is 1. The van der Waals surface area contributed by atoms with Crippen LogP contribution in [0.15, 0.2) is 80.4 Å². The van der Waals surface area contributed by atoms with Gasteiger partial charge in [-0.2, -0.15) is 5.70 Å². The molecule has 10 heterocycles. The molecule has 1 aromatic carbocycles. The summed E-state index contributed by atoms with van der Waals surface area (Å²) in [6, 6.07) is 2.68. The van der Waals surface area contributed by atoms with Crippen molar-refractivity contribution in [3.8, 4) is 0 Å². The minimum Gasteiger partial charge on any atom is -0.682 e. The number of aliphatic hydroxyl groups excluding tert-OH is 4. The molecule has 4 aromatic rings. The van der Waals surface area contributed by atoms with Gasteiger partial charge in [-0.25, -0.2) is 24.5 Å². The molecule has 8 bridgehead atoms. The molecule has 20 N–H and O–H groups in total. The van der Waals surface area contributed by atoms with E-state index in [0.29, 0.717) is 67.6 Å². The average Bonchev–Trinajstić information content (AvgIpc) is 1.53. The van der Waals surface area contributed by atoms with Crippen LogP contribution in [-0.2, 0) is 73.4 Å². The van der Waals surface area contributed by atoms with Gasteiger partial charge in [-0.05, 0) is 125 Å². The fourth-order valence-electron chi connectivity index (χ4n) is 17.4. The van der Waals surface area contributed by atoms with Crippen molar-refractivity contribution in [3.63, 3.8) is 0 Å². The molecule has 0 aliphatic carbocycles. The van der Waals surface area contributed by atoms with E-state index in [9.17, 15) is 63.4 Å². The van der Waals surface area contributed by atoms with Gasteiger partial charge >= 0.3 is 24.6 Å². The molecule has 3 fully saturated rings. The van der Waals surface area contributed by atoms with Crippen molar-refractivity contribution in [1.82, 2.24) is 34.4 Å². The summed E-state index contributed by atoms with van der Waals surface area (Å²) >= 11 is 0. The third kappa shape index (κ3) is 16.3. The molecule has 7 aliphatic rings. The van der Waals surface area contributed by atoms with Crippen LogP contribution in [0.25, 0.3) is 27.5 Å². The molecule has 1 radical (unpaired) electrons. The minimum atomic E-state index is -5.07. The Hall–Kier alpha value is -8.26. The number of carbonyl (C=O) groups is 7. The van der Waals surface area contributed by atoms with Gasteiger partial charge in [0.25, 0.3) is 0 Å². The second-order valence-corrected chi connectivity index (χ2v) is 32.5. The number of aliphatic hydroxyl groups is 4. The van der Waals surface area contributed by atoms with E-state index < -0.39 is 168 Å². The SMILES string of the molecule is C/C1=C2/[N-][C@H]([C@H](CC(N)=O)[C@@]2(C)CCC(=O)NC[C@@H](C)OP(=O)(O)O[C@H]2[C@@H](O)[C@@H](n3cnc4cc(C)c(C)cc43)O[C@@H]2CO)[C@]2(C)N=C(/C(C)=C3N=C(/C=C4N=C1[C@@H](CCC(N)=O)C\4(C)C)[C@@H](CCC(N)=O)[C@]\3(C)CC(N)=O)[C@@H](CCC(N)=O)[C@]2(C)CC(N)=O.[13CH2-][C@H]1O[C@@H](n2cnc3c(N)ncnc32)[C@H](O)[C@@H]1O.[Co+2]. The summed E-state index contributed by atoms with van der Waals surface area (Å²) in [6.45, 7) is 22.7. The third-order valence-electron chi connectivity index (χ3n) is 23.5. The first-order valence-corrected chi connectivity index (χ1v) is 37.4. The number of fused-ring (bicyclic) bond motifs is 8. The first kappa shape index (κ1) is 84.8. The number of hydrogen-bond donors (Lipinski definition) is 13. The number of aryl methyl sites for hydroxylation is 2. The number of aliphatic imine (C=N–C) groups is 3. The molecular weight excluding hydrogens is 1480 g/mol. The van der Waals surface area contributed by atoms with Crippen molar-refractivity contribution in [3.05, 3.63) is 88.8 Å². The van der Waals surface area contributed by atoms with Crippen LogP contribution in [0.1, 0.15) is 157 Å². The maximum atomic E-state index is 14.4. The predicted molar refractivity (Wildman–Crippen MR) is 395 cm³/mol. The summed E-state index contributed by atoms with van der Waals surface area (Å²) in [5, 5.41) is 49.7. The number of ether oxygens (including phenoxy) is 2. The maximum Gasteiger partial charge on any atom is 2.00 e. The number of carbonyl (C=O) groups excluding carboxylic acids is 7. The van der Waals surface area contributed by atoms with E-state index in [1.54, 1.807) is 11.5 Å².